The highest BCUT2D eigenvalue weighted by Crippen LogP contribution is 2.49. The molecule has 11 rings (SSSR count). The number of benzene rings is 8. The first-order valence-corrected chi connectivity index (χ1v) is 20.0. The van der Waals surface area contributed by atoms with Crippen LogP contribution in [0.2, 0.25) is 0 Å². The van der Waals surface area contributed by atoms with E-state index in [1.165, 1.54) is 64.3 Å². The van der Waals surface area contributed by atoms with Crippen molar-refractivity contribution in [1.29, 1.82) is 0 Å². The fourth-order valence-corrected chi connectivity index (χ4v) is 9.91. The van der Waals surface area contributed by atoms with Gasteiger partial charge in [-0.25, -0.2) is 9.97 Å². The van der Waals surface area contributed by atoms with Crippen molar-refractivity contribution in [2.24, 2.45) is 0 Å². The first-order valence-electron chi connectivity index (χ1n) is 19.2. The molecular formula is C53H36N2S. The van der Waals surface area contributed by atoms with E-state index in [9.17, 15) is 0 Å². The van der Waals surface area contributed by atoms with Crippen molar-refractivity contribution in [2.45, 2.75) is 19.3 Å². The Morgan fingerprint density at radius 1 is 0.375 bits per heavy atom. The second-order valence-electron chi connectivity index (χ2n) is 15.4. The summed E-state index contributed by atoms with van der Waals surface area (Å²) < 4.78 is 2.61. The monoisotopic (exact) mass is 732 g/mol. The molecular weight excluding hydrogens is 697 g/mol. The fraction of sp³-hybridized carbons (Fsp3) is 0.0566. The lowest BCUT2D eigenvalue weighted by molar-refractivity contribution is 0.660. The van der Waals surface area contributed by atoms with Gasteiger partial charge < -0.3 is 0 Å². The standard InChI is InChI=1S/C53H36N2S/c1-53(2)46-21-10-8-18-42(46)44-31-36(23-25-47(44)53)48-32-49(55-52(54-48)34-14-4-3-5-15-34)39-28-37(27-38(29-39)41-20-12-16-33-13-6-7-17-40(33)41)35-24-26-51-45(30-35)43-19-9-11-22-50(43)56-51/h3-32H,1-2H3. The average Bonchev–Trinajstić information content (AvgIpc) is 3.74. The lowest BCUT2D eigenvalue weighted by Gasteiger charge is -2.21. The molecule has 10 aromatic rings. The topological polar surface area (TPSA) is 25.8 Å². The first-order chi connectivity index (χ1) is 27.5. The van der Waals surface area contributed by atoms with Crippen LogP contribution in [0.25, 0.3) is 98.2 Å². The van der Waals surface area contributed by atoms with Gasteiger partial charge in [0.05, 0.1) is 11.4 Å². The zero-order valence-electron chi connectivity index (χ0n) is 31.1. The maximum absolute atomic E-state index is 5.34. The van der Waals surface area contributed by atoms with Crippen LogP contribution in [0.15, 0.2) is 182 Å². The van der Waals surface area contributed by atoms with Crippen LogP contribution >= 0.6 is 11.3 Å². The van der Waals surface area contributed by atoms with Crippen molar-refractivity contribution >= 4 is 42.3 Å². The Morgan fingerprint density at radius 2 is 1.02 bits per heavy atom. The number of hydrogen-bond acceptors (Lipinski definition) is 3. The molecule has 0 bridgehead atoms. The molecule has 2 nitrogen and oxygen atoms in total. The molecule has 0 aliphatic heterocycles. The molecule has 1 aliphatic carbocycles. The normalized spacial score (nSPS) is 13.0. The summed E-state index contributed by atoms with van der Waals surface area (Å²) in [6.45, 7) is 4.65. The van der Waals surface area contributed by atoms with Crippen molar-refractivity contribution < 1.29 is 0 Å². The molecule has 56 heavy (non-hydrogen) atoms. The highest BCUT2D eigenvalue weighted by atomic mass is 32.1. The molecule has 0 atom stereocenters. The van der Waals surface area contributed by atoms with E-state index in [1.807, 2.05) is 17.4 Å². The molecule has 0 fully saturated rings. The summed E-state index contributed by atoms with van der Waals surface area (Å²) in [6.07, 6.45) is 0. The molecule has 0 radical (unpaired) electrons. The summed E-state index contributed by atoms with van der Waals surface area (Å²) in [5, 5.41) is 5.04. The Balaban J connectivity index is 1.14. The van der Waals surface area contributed by atoms with E-state index in [2.05, 4.69) is 190 Å². The third-order valence-electron chi connectivity index (χ3n) is 11.7. The molecule has 2 aromatic heterocycles. The van der Waals surface area contributed by atoms with Gasteiger partial charge in [0, 0.05) is 42.3 Å². The second kappa shape index (κ2) is 12.7. The van der Waals surface area contributed by atoms with Crippen molar-refractivity contribution in [3.8, 4) is 67.3 Å². The molecule has 0 unspecified atom stereocenters. The van der Waals surface area contributed by atoms with Gasteiger partial charge in [-0.15, -0.1) is 11.3 Å². The number of hydrogen-bond donors (Lipinski definition) is 0. The van der Waals surface area contributed by atoms with Crippen LogP contribution in [0.3, 0.4) is 0 Å². The van der Waals surface area contributed by atoms with E-state index in [-0.39, 0.29) is 5.41 Å². The van der Waals surface area contributed by atoms with Gasteiger partial charge in [0.2, 0.25) is 0 Å². The molecule has 264 valence electrons. The Morgan fingerprint density at radius 3 is 1.91 bits per heavy atom. The molecule has 0 N–H and O–H groups in total. The van der Waals surface area contributed by atoms with E-state index in [4.69, 9.17) is 9.97 Å². The van der Waals surface area contributed by atoms with E-state index in [0.29, 0.717) is 5.82 Å². The number of aromatic nitrogens is 2. The Bertz CT molecular complexity index is 3170. The minimum atomic E-state index is -0.0622. The van der Waals surface area contributed by atoms with Gasteiger partial charge in [0.15, 0.2) is 5.82 Å². The molecule has 2 heterocycles. The molecule has 3 heteroatoms. The van der Waals surface area contributed by atoms with Crippen LogP contribution < -0.4 is 0 Å². The van der Waals surface area contributed by atoms with Gasteiger partial charge in [-0.2, -0.15) is 0 Å². The van der Waals surface area contributed by atoms with Gasteiger partial charge in [-0.1, -0.05) is 147 Å². The fourth-order valence-electron chi connectivity index (χ4n) is 8.82. The maximum Gasteiger partial charge on any atom is 0.160 e. The van der Waals surface area contributed by atoms with Crippen LogP contribution in [0.5, 0.6) is 0 Å². The summed E-state index contributed by atoms with van der Waals surface area (Å²) in [5.74, 6) is 0.711. The smallest absolute Gasteiger partial charge is 0.160 e. The van der Waals surface area contributed by atoms with Gasteiger partial charge in [0.25, 0.3) is 0 Å². The molecule has 0 amide bonds. The third-order valence-corrected chi connectivity index (χ3v) is 12.8. The van der Waals surface area contributed by atoms with E-state index < -0.39 is 0 Å². The maximum atomic E-state index is 5.34. The van der Waals surface area contributed by atoms with Crippen molar-refractivity contribution in [3.63, 3.8) is 0 Å². The zero-order valence-corrected chi connectivity index (χ0v) is 31.9. The van der Waals surface area contributed by atoms with Crippen molar-refractivity contribution in [1.82, 2.24) is 9.97 Å². The Labute approximate surface area is 330 Å². The minimum absolute atomic E-state index is 0.0622. The van der Waals surface area contributed by atoms with Crippen LogP contribution in [0.4, 0.5) is 0 Å². The number of fused-ring (bicyclic) bond motifs is 7. The van der Waals surface area contributed by atoms with Crippen molar-refractivity contribution in [3.05, 3.63) is 193 Å². The van der Waals surface area contributed by atoms with Gasteiger partial charge in [-0.3, -0.25) is 0 Å². The summed E-state index contributed by atoms with van der Waals surface area (Å²) in [4.78, 5) is 10.6. The zero-order chi connectivity index (χ0) is 37.4. The molecule has 8 aromatic carbocycles. The number of nitrogens with zero attached hydrogens (tertiary/aromatic N) is 2. The largest absolute Gasteiger partial charge is 0.228 e. The summed E-state index contributed by atoms with van der Waals surface area (Å²) >= 11 is 1.85. The predicted octanol–water partition coefficient (Wildman–Crippen LogP) is 14.6. The predicted molar refractivity (Wildman–Crippen MR) is 237 cm³/mol. The molecule has 0 spiro atoms. The van der Waals surface area contributed by atoms with Crippen LogP contribution in [-0.2, 0) is 5.41 Å². The highest BCUT2D eigenvalue weighted by molar-refractivity contribution is 7.25. The van der Waals surface area contributed by atoms with Crippen LogP contribution in [0.1, 0.15) is 25.0 Å². The SMILES string of the molecule is CC1(C)c2ccccc2-c2cc(-c3cc(-c4cc(-c5ccc6sc7ccccc7c6c5)cc(-c5cccc6ccccc56)c4)nc(-c4ccccc4)n3)ccc21. The molecule has 1 aliphatic rings. The van der Waals surface area contributed by atoms with E-state index in [0.717, 1.165) is 39.2 Å². The quantitative estimate of drug-likeness (QED) is 0.176. The molecule has 0 saturated heterocycles. The second-order valence-corrected chi connectivity index (χ2v) is 16.5. The average molecular weight is 733 g/mol. The summed E-state index contributed by atoms with van der Waals surface area (Å²) in [7, 11) is 0. The lowest BCUT2D eigenvalue weighted by atomic mass is 9.82. The molecule has 0 saturated carbocycles. The van der Waals surface area contributed by atoms with Gasteiger partial charge >= 0.3 is 0 Å². The summed E-state index contributed by atoms with van der Waals surface area (Å²) in [6, 6.07) is 66.1. The number of rotatable bonds is 5. The third kappa shape index (κ3) is 5.31. The Hall–Kier alpha value is -6.68. The van der Waals surface area contributed by atoms with E-state index in [1.54, 1.807) is 0 Å². The first kappa shape index (κ1) is 32.7. The van der Waals surface area contributed by atoms with Crippen LogP contribution in [0, 0.1) is 0 Å². The van der Waals surface area contributed by atoms with Crippen LogP contribution in [-0.4, -0.2) is 9.97 Å². The lowest BCUT2D eigenvalue weighted by Crippen LogP contribution is -2.14. The Kier molecular flexibility index (Phi) is 7.42. The van der Waals surface area contributed by atoms with Gasteiger partial charge in [0.1, 0.15) is 0 Å². The minimum Gasteiger partial charge on any atom is -0.228 e. The van der Waals surface area contributed by atoms with Gasteiger partial charge in [-0.05, 0) is 104 Å². The van der Waals surface area contributed by atoms with E-state index >= 15 is 0 Å². The summed E-state index contributed by atoms with van der Waals surface area (Å²) in [5.41, 5.74) is 14.8. The van der Waals surface area contributed by atoms with Crippen molar-refractivity contribution in [2.75, 3.05) is 0 Å². The number of thiophene rings is 1. The highest BCUT2D eigenvalue weighted by Gasteiger charge is 2.35.